The number of anilines is 1. The fraction of sp³-hybridized carbons (Fsp3) is 0.579. The number of para-hydroxylation sites is 1. The van der Waals surface area contributed by atoms with Crippen LogP contribution in [0.1, 0.15) is 38.5 Å². The van der Waals surface area contributed by atoms with Crippen molar-refractivity contribution in [1.29, 1.82) is 0 Å². The molecule has 2 fully saturated rings. The number of benzene rings is 1. The minimum Gasteiger partial charge on any atom is -0.393 e. The van der Waals surface area contributed by atoms with E-state index in [2.05, 4.69) is 10.6 Å². The van der Waals surface area contributed by atoms with Gasteiger partial charge in [0.1, 0.15) is 0 Å². The van der Waals surface area contributed by atoms with Gasteiger partial charge in [-0.3, -0.25) is 4.79 Å². The molecular formula is C19H27N3O3. The molecule has 0 spiro atoms. The van der Waals surface area contributed by atoms with Crippen LogP contribution in [0.5, 0.6) is 0 Å². The molecule has 0 radical (unpaired) electrons. The number of likely N-dealkylation sites (tertiary alicyclic amines) is 1. The van der Waals surface area contributed by atoms with Gasteiger partial charge in [0, 0.05) is 30.7 Å². The zero-order chi connectivity index (χ0) is 17.6. The maximum absolute atomic E-state index is 12.4. The van der Waals surface area contributed by atoms with Crippen molar-refractivity contribution >= 4 is 17.6 Å². The van der Waals surface area contributed by atoms with Crippen molar-refractivity contribution in [2.45, 2.75) is 50.7 Å². The van der Waals surface area contributed by atoms with E-state index in [1.165, 1.54) is 0 Å². The van der Waals surface area contributed by atoms with Gasteiger partial charge in [0.15, 0.2) is 0 Å². The number of urea groups is 1. The van der Waals surface area contributed by atoms with E-state index in [-0.39, 0.29) is 30.0 Å². The van der Waals surface area contributed by atoms with Crippen LogP contribution in [-0.4, -0.2) is 47.2 Å². The lowest BCUT2D eigenvalue weighted by atomic mass is 9.91. The standard InChI is InChI=1S/C19H27N3O3/c23-17-8-6-16(7-9-17)20-18(24)14-10-12-22(13-11-14)19(25)21-15-4-2-1-3-5-15/h1-5,14,16-17,23H,6-13H2,(H,20,24)(H,21,25). The highest BCUT2D eigenvalue weighted by molar-refractivity contribution is 5.89. The minimum absolute atomic E-state index is 0.0207. The summed E-state index contributed by atoms with van der Waals surface area (Å²) in [5.74, 6) is 0.0807. The zero-order valence-electron chi connectivity index (χ0n) is 14.5. The van der Waals surface area contributed by atoms with Gasteiger partial charge in [0.05, 0.1) is 6.10 Å². The second-order valence-corrected chi connectivity index (χ2v) is 7.07. The predicted octanol–water partition coefficient (Wildman–Crippen LogP) is 2.35. The topological polar surface area (TPSA) is 81.7 Å². The first kappa shape index (κ1) is 17.7. The number of amides is 3. The van der Waals surface area contributed by atoms with Crippen LogP contribution in [0, 0.1) is 5.92 Å². The fourth-order valence-corrected chi connectivity index (χ4v) is 3.61. The van der Waals surface area contributed by atoms with Crippen molar-refractivity contribution in [2.24, 2.45) is 5.92 Å². The number of nitrogens with one attached hydrogen (secondary N) is 2. The lowest BCUT2D eigenvalue weighted by Crippen LogP contribution is -2.47. The van der Waals surface area contributed by atoms with Crippen LogP contribution >= 0.6 is 0 Å². The summed E-state index contributed by atoms with van der Waals surface area (Å²) >= 11 is 0. The van der Waals surface area contributed by atoms with E-state index >= 15 is 0 Å². The van der Waals surface area contributed by atoms with E-state index in [1.54, 1.807) is 4.90 Å². The first-order chi connectivity index (χ1) is 12.1. The maximum Gasteiger partial charge on any atom is 0.321 e. The molecule has 3 rings (SSSR count). The third-order valence-electron chi connectivity index (χ3n) is 5.22. The Morgan fingerprint density at radius 2 is 1.60 bits per heavy atom. The molecule has 0 aromatic heterocycles. The smallest absolute Gasteiger partial charge is 0.321 e. The van der Waals surface area contributed by atoms with Gasteiger partial charge in [-0.15, -0.1) is 0 Å². The Morgan fingerprint density at radius 3 is 2.24 bits per heavy atom. The van der Waals surface area contributed by atoms with Crippen LogP contribution in [0.25, 0.3) is 0 Å². The van der Waals surface area contributed by atoms with Gasteiger partial charge in [-0.2, -0.15) is 0 Å². The average Bonchev–Trinajstić information content (AvgIpc) is 2.64. The van der Waals surface area contributed by atoms with Crippen LogP contribution in [0.2, 0.25) is 0 Å². The molecule has 0 bridgehead atoms. The van der Waals surface area contributed by atoms with Gasteiger partial charge in [-0.1, -0.05) is 18.2 Å². The number of hydrogen-bond acceptors (Lipinski definition) is 3. The van der Waals surface area contributed by atoms with Crippen molar-refractivity contribution in [3.63, 3.8) is 0 Å². The number of carbonyl (C=O) groups is 2. The molecule has 1 saturated heterocycles. The Kier molecular flexibility index (Phi) is 5.91. The van der Waals surface area contributed by atoms with Crippen LogP contribution in [0.4, 0.5) is 10.5 Å². The molecule has 2 aliphatic rings. The summed E-state index contributed by atoms with van der Waals surface area (Å²) in [6.45, 7) is 1.19. The zero-order valence-corrected chi connectivity index (χ0v) is 14.5. The summed E-state index contributed by atoms with van der Waals surface area (Å²) in [6.07, 6.45) is 4.43. The largest absolute Gasteiger partial charge is 0.393 e. The number of piperidine rings is 1. The Bertz CT molecular complexity index is 577. The van der Waals surface area contributed by atoms with E-state index in [4.69, 9.17) is 0 Å². The van der Waals surface area contributed by atoms with Gasteiger partial charge in [0.2, 0.25) is 5.91 Å². The summed E-state index contributed by atoms with van der Waals surface area (Å²) in [4.78, 5) is 26.5. The monoisotopic (exact) mass is 345 g/mol. The van der Waals surface area contributed by atoms with E-state index < -0.39 is 0 Å². The Morgan fingerprint density at radius 1 is 0.960 bits per heavy atom. The molecule has 1 heterocycles. The van der Waals surface area contributed by atoms with Crippen molar-refractivity contribution in [3.05, 3.63) is 30.3 Å². The van der Waals surface area contributed by atoms with E-state index in [0.717, 1.165) is 31.4 Å². The summed E-state index contributed by atoms with van der Waals surface area (Å²) in [6, 6.07) is 9.49. The molecule has 1 aromatic rings. The highest BCUT2D eigenvalue weighted by Crippen LogP contribution is 2.22. The first-order valence-electron chi connectivity index (χ1n) is 9.21. The fourth-order valence-electron chi connectivity index (χ4n) is 3.61. The average molecular weight is 345 g/mol. The van der Waals surface area contributed by atoms with E-state index in [9.17, 15) is 14.7 Å². The summed E-state index contributed by atoms with van der Waals surface area (Å²) in [7, 11) is 0. The molecule has 136 valence electrons. The minimum atomic E-state index is -0.209. The second-order valence-electron chi connectivity index (χ2n) is 7.07. The molecule has 6 nitrogen and oxygen atoms in total. The third-order valence-corrected chi connectivity index (χ3v) is 5.22. The SMILES string of the molecule is O=C(NC1CCC(O)CC1)C1CCN(C(=O)Nc2ccccc2)CC1. The molecule has 1 aliphatic carbocycles. The predicted molar refractivity (Wildman–Crippen MR) is 96.2 cm³/mol. The lowest BCUT2D eigenvalue weighted by Gasteiger charge is -2.33. The summed E-state index contributed by atoms with van der Waals surface area (Å²) in [5.41, 5.74) is 0.784. The Labute approximate surface area is 148 Å². The number of nitrogens with zero attached hydrogens (tertiary/aromatic N) is 1. The van der Waals surface area contributed by atoms with Crippen molar-refractivity contribution < 1.29 is 14.7 Å². The quantitative estimate of drug-likeness (QED) is 0.786. The molecule has 0 atom stereocenters. The van der Waals surface area contributed by atoms with E-state index in [1.807, 2.05) is 30.3 Å². The first-order valence-corrected chi connectivity index (χ1v) is 9.21. The van der Waals surface area contributed by atoms with Gasteiger partial charge in [0.25, 0.3) is 0 Å². The number of aliphatic hydroxyl groups is 1. The number of hydrogen-bond donors (Lipinski definition) is 3. The molecule has 0 unspecified atom stereocenters. The molecular weight excluding hydrogens is 318 g/mol. The van der Waals surface area contributed by atoms with Crippen molar-refractivity contribution in [3.8, 4) is 0 Å². The third kappa shape index (κ3) is 4.95. The highest BCUT2D eigenvalue weighted by atomic mass is 16.3. The Balaban J connectivity index is 1.42. The number of rotatable bonds is 3. The number of carbonyl (C=O) groups excluding carboxylic acids is 2. The maximum atomic E-state index is 12.4. The molecule has 1 saturated carbocycles. The molecule has 3 amide bonds. The summed E-state index contributed by atoms with van der Waals surface area (Å²) in [5, 5.41) is 15.6. The molecule has 1 aliphatic heterocycles. The van der Waals surface area contributed by atoms with Crippen LogP contribution in [-0.2, 0) is 4.79 Å². The molecule has 6 heteroatoms. The van der Waals surface area contributed by atoms with Gasteiger partial charge >= 0.3 is 6.03 Å². The number of aliphatic hydroxyl groups excluding tert-OH is 1. The van der Waals surface area contributed by atoms with Crippen LogP contribution in [0.3, 0.4) is 0 Å². The molecule has 3 N–H and O–H groups in total. The van der Waals surface area contributed by atoms with Crippen molar-refractivity contribution in [2.75, 3.05) is 18.4 Å². The van der Waals surface area contributed by atoms with Crippen LogP contribution < -0.4 is 10.6 Å². The van der Waals surface area contributed by atoms with E-state index in [0.29, 0.717) is 25.9 Å². The summed E-state index contributed by atoms with van der Waals surface area (Å²) < 4.78 is 0. The second kappa shape index (κ2) is 8.34. The van der Waals surface area contributed by atoms with Gasteiger partial charge in [-0.05, 0) is 50.7 Å². The highest BCUT2D eigenvalue weighted by Gasteiger charge is 2.29. The Hall–Kier alpha value is -2.08. The van der Waals surface area contributed by atoms with Crippen LogP contribution in [0.15, 0.2) is 30.3 Å². The lowest BCUT2D eigenvalue weighted by molar-refractivity contribution is -0.127. The van der Waals surface area contributed by atoms with Gasteiger partial charge in [-0.25, -0.2) is 4.79 Å². The van der Waals surface area contributed by atoms with Crippen molar-refractivity contribution in [1.82, 2.24) is 10.2 Å². The molecule has 1 aromatic carbocycles. The molecule has 25 heavy (non-hydrogen) atoms. The normalized spacial score (nSPS) is 24.6. The van der Waals surface area contributed by atoms with Gasteiger partial charge < -0.3 is 20.6 Å².